The molecule has 0 fully saturated rings. The first-order chi connectivity index (χ1) is 15.7. The summed E-state index contributed by atoms with van der Waals surface area (Å²) >= 11 is 0. The standard InChI is InChI=1S/C20H22O14/c21-11-18(12-22,19(33,6-1-13(23)24)7-2-14(25)26)20(8-3-15(27)28,9-4-16(29)30)34-10-5-17(31)32/h1-10,21-22,33H,11-12H2,(H,23,24)(H,25,26)(H,27,28)(H,29,30)(H,31,32). The first-order valence-corrected chi connectivity index (χ1v) is 8.91. The van der Waals surface area contributed by atoms with Gasteiger partial charge in [-0.3, -0.25) is 0 Å². The van der Waals surface area contributed by atoms with Crippen LogP contribution in [0.1, 0.15) is 0 Å². The van der Waals surface area contributed by atoms with Crippen LogP contribution in [-0.4, -0.2) is 95.1 Å². The molecule has 0 aromatic heterocycles. The van der Waals surface area contributed by atoms with Gasteiger partial charge in [0.15, 0.2) is 5.60 Å². The van der Waals surface area contributed by atoms with E-state index in [1.54, 1.807) is 0 Å². The van der Waals surface area contributed by atoms with Crippen LogP contribution in [0.15, 0.2) is 60.9 Å². The molecule has 0 bridgehead atoms. The van der Waals surface area contributed by atoms with Crippen molar-refractivity contribution in [3.8, 4) is 0 Å². The highest BCUT2D eigenvalue weighted by atomic mass is 16.5. The van der Waals surface area contributed by atoms with Gasteiger partial charge in [0.05, 0.1) is 31.0 Å². The fourth-order valence-electron chi connectivity index (χ4n) is 2.80. The monoisotopic (exact) mass is 486 g/mol. The lowest BCUT2D eigenvalue weighted by Gasteiger charge is -2.51. The number of carbonyl (C=O) groups is 5. The predicted molar refractivity (Wildman–Crippen MR) is 109 cm³/mol. The molecule has 14 heteroatoms. The summed E-state index contributed by atoms with van der Waals surface area (Å²) in [4.78, 5) is 55.4. The zero-order chi connectivity index (χ0) is 26.6. The quantitative estimate of drug-likeness (QED) is 0.0979. The Morgan fingerprint density at radius 3 is 1.21 bits per heavy atom. The van der Waals surface area contributed by atoms with Gasteiger partial charge in [0, 0.05) is 24.3 Å². The van der Waals surface area contributed by atoms with Crippen LogP contribution in [0, 0.1) is 5.41 Å². The van der Waals surface area contributed by atoms with Crippen molar-refractivity contribution in [3.63, 3.8) is 0 Å². The van der Waals surface area contributed by atoms with Gasteiger partial charge in [-0.25, -0.2) is 24.0 Å². The number of aliphatic hydroxyl groups excluding tert-OH is 2. The van der Waals surface area contributed by atoms with Gasteiger partial charge in [0.2, 0.25) is 0 Å². The summed E-state index contributed by atoms with van der Waals surface area (Å²) in [5.41, 5.74) is -8.49. The second-order valence-corrected chi connectivity index (χ2v) is 6.46. The average Bonchev–Trinajstić information content (AvgIpc) is 2.73. The Morgan fingerprint density at radius 1 is 0.588 bits per heavy atom. The smallest absolute Gasteiger partial charge is 0.331 e. The maximum atomic E-state index is 11.3. The van der Waals surface area contributed by atoms with Crippen LogP contribution in [0.4, 0.5) is 0 Å². The number of hydrogen-bond acceptors (Lipinski definition) is 9. The number of aliphatic carboxylic acids is 5. The van der Waals surface area contributed by atoms with Gasteiger partial charge in [-0.05, 0) is 24.3 Å². The van der Waals surface area contributed by atoms with Gasteiger partial charge in [-0.15, -0.1) is 0 Å². The minimum atomic E-state index is -2.99. The van der Waals surface area contributed by atoms with Crippen LogP contribution in [0.3, 0.4) is 0 Å². The summed E-state index contributed by atoms with van der Waals surface area (Å²) in [5.74, 6) is -8.29. The van der Waals surface area contributed by atoms with Gasteiger partial charge in [0.25, 0.3) is 0 Å². The Kier molecular flexibility index (Phi) is 11.1. The molecular weight excluding hydrogens is 464 g/mol. The Bertz CT molecular complexity index is 885. The van der Waals surface area contributed by atoms with Crippen LogP contribution < -0.4 is 0 Å². The van der Waals surface area contributed by atoms with Crippen molar-refractivity contribution in [2.24, 2.45) is 5.41 Å². The van der Waals surface area contributed by atoms with E-state index < -0.39 is 59.7 Å². The van der Waals surface area contributed by atoms with Crippen LogP contribution in [0.25, 0.3) is 0 Å². The molecule has 0 aromatic carbocycles. The number of carboxylic acid groups (broad SMARTS) is 5. The third kappa shape index (κ3) is 7.70. The maximum Gasteiger partial charge on any atom is 0.331 e. The van der Waals surface area contributed by atoms with E-state index in [4.69, 9.17) is 30.3 Å². The Labute approximate surface area is 191 Å². The fourth-order valence-corrected chi connectivity index (χ4v) is 2.80. The number of ether oxygens (including phenoxy) is 1. The third-order valence-corrected chi connectivity index (χ3v) is 4.44. The highest BCUT2D eigenvalue weighted by Crippen LogP contribution is 2.47. The zero-order valence-electron chi connectivity index (χ0n) is 17.2. The fraction of sp³-hybridized carbons (Fsp3) is 0.250. The third-order valence-electron chi connectivity index (χ3n) is 4.44. The van der Waals surface area contributed by atoms with Crippen molar-refractivity contribution >= 4 is 29.8 Å². The molecule has 14 nitrogen and oxygen atoms in total. The summed E-state index contributed by atoms with van der Waals surface area (Å²) in [5, 5.41) is 76.7. The van der Waals surface area contributed by atoms with Crippen molar-refractivity contribution in [3.05, 3.63) is 60.9 Å². The van der Waals surface area contributed by atoms with Gasteiger partial charge < -0.3 is 45.6 Å². The number of rotatable bonds is 15. The van der Waals surface area contributed by atoms with E-state index in [9.17, 15) is 39.3 Å². The lowest BCUT2D eigenvalue weighted by atomic mass is 9.60. The number of aliphatic hydroxyl groups is 3. The molecule has 0 saturated carbocycles. The van der Waals surface area contributed by atoms with Crippen molar-refractivity contribution < 1.29 is 69.6 Å². The van der Waals surface area contributed by atoms with Crippen LogP contribution in [-0.2, 0) is 28.7 Å². The van der Waals surface area contributed by atoms with E-state index in [1.807, 2.05) is 0 Å². The van der Waals surface area contributed by atoms with Gasteiger partial charge >= 0.3 is 29.8 Å². The molecule has 0 amide bonds. The molecule has 186 valence electrons. The lowest BCUT2D eigenvalue weighted by molar-refractivity contribution is -0.162. The molecule has 0 rings (SSSR count). The largest absolute Gasteiger partial charge is 0.485 e. The van der Waals surface area contributed by atoms with E-state index in [0.29, 0.717) is 60.9 Å². The van der Waals surface area contributed by atoms with E-state index in [1.165, 1.54) is 0 Å². The van der Waals surface area contributed by atoms with E-state index in [-0.39, 0.29) is 0 Å². The normalized spacial score (nSPS) is 16.2. The first-order valence-electron chi connectivity index (χ1n) is 8.91. The van der Waals surface area contributed by atoms with Crippen molar-refractivity contribution in [1.29, 1.82) is 0 Å². The molecule has 0 saturated heterocycles. The van der Waals surface area contributed by atoms with E-state index in [2.05, 4.69) is 0 Å². The molecule has 0 heterocycles. The first kappa shape index (κ1) is 29.7. The van der Waals surface area contributed by atoms with Crippen molar-refractivity contribution in [2.45, 2.75) is 11.2 Å². The number of hydrogen-bond donors (Lipinski definition) is 8. The SMILES string of the molecule is O=C(O)C=COC(C=CC(=O)O)(C=CC(=O)O)C(CO)(CO)C(O)(C=CC(=O)O)C=CC(=O)O. The summed E-state index contributed by atoms with van der Waals surface area (Å²) < 4.78 is 5.24. The Hall–Kier alpha value is -4.27. The lowest BCUT2D eigenvalue weighted by Crippen LogP contribution is -2.64. The predicted octanol–water partition coefficient (Wildman–Crippen LogP) is -1.39. The Balaban J connectivity index is 7.68. The molecule has 0 atom stereocenters. The molecule has 0 aliphatic carbocycles. The summed E-state index contributed by atoms with van der Waals surface area (Å²) in [6.45, 7) is -2.86. The highest BCUT2D eigenvalue weighted by molar-refractivity contribution is 5.83. The minimum absolute atomic E-state index is 0.298. The van der Waals surface area contributed by atoms with Gasteiger partial charge in [-0.1, -0.05) is 0 Å². The zero-order valence-corrected chi connectivity index (χ0v) is 17.2. The van der Waals surface area contributed by atoms with Crippen molar-refractivity contribution in [1.82, 2.24) is 0 Å². The molecule has 0 aliphatic rings. The average molecular weight is 486 g/mol. The maximum absolute atomic E-state index is 11.3. The van der Waals surface area contributed by atoms with Crippen molar-refractivity contribution in [2.75, 3.05) is 13.2 Å². The molecule has 0 unspecified atom stereocenters. The van der Waals surface area contributed by atoms with Crippen LogP contribution in [0.2, 0.25) is 0 Å². The molecule has 0 radical (unpaired) electrons. The highest BCUT2D eigenvalue weighted by Gasteiger charge is 2.61. The molecule has 0 aliphatic heterocycles. The van der Waals surface area contributed by atoms with E-state index in [0.717, 1.165) is 0 Å². The summed E-state index contributed by atoms with van der Waals surface area (Å²) in [6, 6.07) is 0. The minimum Gasteiger partial charge on any atom is -0.485 e. The molecule has 0 spiro atoms. The molecule has 0 aromatic rings. The molecule has 34 heavy (non-hydrogen) atoms. The van der Waals surface area contributed by atoms with Crippen LogP contribution >= 0.6 is 0 Å². The summed E-state index contributed by atoms with van der Waals surface area (Å²) in [6.07, 6.45) is 3.93. The number of carboxylic acids is 5. The van der Waals surface area contributed by atoms with E-state index >= 15 is 0 Å². The van der Waals surface area contributed by atoms with Crippen LogP contribution in [0.5, 0.6) is 0 Å². The molecular formula is C20H22O14. The summed E-state index contributed by atoms with van der Waals surface area (Å²) in [7, 11) is 0. The Morgan fingerprint density at radius 2 is 0.912 bits per heavy atom. The second kappa shape index (κ2) is 12.7. The van der Waals surface area contributed by atoms with Gasteiger partial charge in [-0.2, -0.15) is 0 Å². The molecule has 8 N–H and O–H groups in total. The van der Waals surface area contributed by atoms with Gasteiger partial charge in [0.1, 0.15) is 5.60 Å². The topological polar surface area (TPSA) is 256 Å². The second-order valence-electron chi connectivity index (χ2n) is 6.46.